The summed E-state index contributed by atoms with van der Waals surface area (Å²) in [5, 5.41) is 14.9. The number of amides is 1. The van der Waals surface area contributed by atoms with Gasteiger partial charge in [-0.1, -0.05) is 48.5 Å². The molecular formula is C28H26N8O3S. The summed E-state index contributed by atoms with van der Waals surface area (Å²) in [4.78, 5) is 28.0. The van der Waals surface area contributed by atoms with Crippen molar-refractivity contribution in [2.45, 2.75) is 6.42 Å². The molecule has 1 amide bonds. The third-order valence-corrected chi connectivity index (χ3v) is 5.60. The molecule has 0 bridgehead atoms. The zero-order valence-corrected chi connectivity index (χ0v) is 22.0. The van der Waals surface area contributed by atoms with Gasteiger partial charge in [0.05, 0.1) is 18.4 Å². The van der Waals surface area contributed by atoms with Gasteiger partial charge in [0.15, 0.2) is 10.9 Å². The van der Waals surface area contributed by atoms with Crippen LogP contribution < -0.4 is 27.2 Å². The van der Waals surface area contributed by atoms with E-state index in [9.17, 15) is 9.59 Å². The van der Waals surface area contributed by atoms with Crippen molar-refractivity contribution in [2.75, 3.05) is 17.2 Å². The lowest BCUT2D eigenvalue weighted by molar-refractivity contribution is -0.137. The Labute approximate surface area is 235 Å². The van der Waals surface area contributed by atoms with Gasteiger partial charge >= 0.3 is 5.97 Å². The van der Waals surface area contributed by atoms with E-state index in [0.29, 0.717) is 22.9 Å². The summed E-state index contributed by atoms with van der Waals surface area (Å²) in [5.41, 5.74) is 14.3. The number of anilines is 2. The van der Waals surface area contributed by atoms with E-state index in [4.69, 9.17) is 22.7 Å². The molecule has 4 aromatic rings. The average Bonchev–Trinajstić information content (AvgIpc) is 2.98. The van der Waals surface area contributed by atoms with Gasteiger partial charge in [-0.05, 0) is 48.1 Å². The molecule has 0 aliphatic heterocycles. The largest absolute Gasteiger partial charge is 0.462 e. The summed E-state index contributed by atoms with van der Waals surface area (Å²) in [5.74, 6) is -0.674. The van der Waals surface area contributed by atoms with E-state index in [1.807, 2.05) is 60.7 Å². The third-order valence-electron chi connectivity index (χ3n) is 5.39. The van der Waals surface area contributed by atoms with Crippen LogP contribution in [0.5, 0.6) is 0 Å². The number of benzene rings is 2. The summed E-state index contributed by atoms with van der Waals surface area (Å²) in [6.45, 7) is 0.0945. The van der Waals surface area contributed by atoms with Crippen LogP contribution in [0.1, 0.15) is 15.9 Å². The molecule has 0 radical (unpaired) electrons. The van der Waals surface area contributed by atoms with E-state index >= 15 is 0 Å². The molecular weight excluding hydrogens is 528 g/mol. The Kier molecular flexibility index (Phi) is 9.67. The number of carbonyl (C=O) groups excluding carboxylic acids is 2. The first-order chi connectivity index (χ1) is 19.5. The number of ether oxygens (including phenoxy) is 1. The van der Waals surface area contributed by atoms with Crippen LogP contribution in [-0.2, 0) is 16.0 Å². The van der Waals surface area contributed by atoms with Crippen molar-refractivity contribution in [3.8, 4) is 11.3 Å². The molecule has 0 saturated heterocycles. The number of para-hydroxylation sites is 1. The standard InChI is InChI=1S/C28H26N8O3S/c29-24(34-36-27(38)21-12-15-30-16-13-21)18-26(37)39-17-14-20-8-4-5-9-22(20)31-28(40)32-25-11-10-23(33-35-25)19-6-2-1-3-7-19/h1-13,15-16,18,34H,14,17,29H2,(H,36,38)(H2,31,32,35,40). The van der Waals surface area contributed by atoms with E-state index < -0.39 is 11.9 Å². The SMILES string of the molecule is NC(=CC(=O)OCCc1ccccc1NC(=S)Nc1ccc(-c2ccccc2)nn1)NNC(=O)c1ccncc1. The molecule has 0 spiro atoms. The lowest BCUT2D eigenvalue weighted by Crippen LogP contribution is -2.39. The monoisotopic (exact) mass is 554 g/mol. The number of nitrogens with two attached hydrogens (primary N) is 1. The molecule has 2 aromatic heterocycles. The van der Waals surface area contributed by atoms with Crippen LogP contribution in [-0.4, -0.2) is 38.8 Å². The number of nitrogens with one attached hydrogen (secondary N) is 4. The van der Waals surface area contributed by atoms with Crippen LogP contribution >= 0.6 is 12.2 Å². The fourth-order valence-corrected chi connectivity index (χ4v) is 3.68. The molecule has 0 aliphatic carbocycles. The highest BCUT2D eigenvalue weighted by Gasteiger charge is 2.09. The smallest absolute Gasteiger partial charge is 0.334 e. The maximum Gasteiger partial charge on any atom is 0.334 e. The molecule has 0 fully saturated rings. The number of rotatable bonds is 10. The second-order valence-corrected chi connectivity index (χ2v) is 8.65. The summed E-state index contributed by atoms with van der Waals surface area (Å²) in [6.07, 6.45) is 4.44. The van der Waals surface area contributed by atoms with Crippen molar-refractivity contribution in [2.24, 2.45) is 5.73 Å². The van der Waals surface area contributed by atoms with Crippen molar-refractivity contribution in [3.05, 3.63) is 114 Å². The van der Waals surface area contributed by atoms with Gasteiger partial charge in [0.1, 0.15) is 5.82 Å². The first-order valence-electron chi connectivity index (χ1n) is 12.1. The van der Waals surface area contributed by atoms with Crippen LogP contribution in [0.3, 0.4) is 0 Å². The van der Waals surface area contributed by atoms with Gasteiger partial charge in [0.25, 0.3) is 5.91 Å². The van der Waals surface area contributed by atoms with Crippen LogP contribution in [0.25, 0.3) is 11.3 Å². The Balaban J connectivity index is 1.24. The fourth-order valence-electron chi connectivity index (χ4n) is 3.46. The zero-order valence-electron chi connectivity index (χ0n) is 21.2. The highest BCUT2D eigenvalue weighted by Crippen LogP contribution is 2.18. The molecule has 2 aromatic carbocycles. The number of thiocarbonyl (C=S) groups is 1. The summed E-state index contributed by atoms with van der Waals surface area (Å²) < 4.78 is 5.26. The number of pyridine rings is 1. The van der Waals surface area contributed by atoms with Gasteiger partial charge in [-0.2, -0.15) is 0 Å². The minimum atomic E-state index is -0.664. The number of nitrogens with zero attached hydrogens (tertiary/aromatic N) is 3. The molecule has 0 saturated carbocycles. The minimum absolute atomic E-state index is 0.0780. The first kappa shape index (κ1) is 27.7. The maximum atomic E-state index is 12.1. The normalized spacial score (nSPS) is 10.8. The van der Waals surface area contributed by atoms with Gasteiger partial charge in [0, 0.05) is 35.6 Å². The second-order valence-electron chi connectivity index (χ2n) is 8.24. The van der Waals surface area contributed by atoms with Crippen LogP contribution in [0.2, 0.25) is 0 Å². The number of aromatic nitrogens is 3. The lowest BCUT2D eigenvalue weighted by Gasteiger charge is -2.14. The van der Waals surface area contributed by atoms with Crippen LogP contribution in [0.4, 0.5) is 11.5 Å². The van der Waals surface area contributed by atoms with E-state index in [1.165, 1.54) is 24.5 Å². The van der Waals surface area contributed by atoms with E-state index in [1.54, 1.807) is 6.07 Å². The Morgan fingerprint density at radius 1 is 0.875 bits per heavy atom. The maximum absolute atomic E-state index is 12.1. The first-order valence-corrected chi connectivity index (χ1v) is 12.5. The molecule has 12 heteroatoms. The third kappa shape index (κ3) is 8.33. The average molecular weight is 555 g/mol. The van der Waals surface area contributed by atoms with E-state index in [0.717, 1.165) is 28.6 Å². The highest BCUT2D eigenvalue weighted by molar-refractivity contribution is 7.80. The number of esters is 1. The summed E-state index contributed by atoms with van der Waals surface area (Å²) >= 11 is 5.44. The molecule has 0 aliphatic rings. The van der Waals surface area contributed by atoms with Crippen molar-refractivity contribution < 1.29 is 14.3 Å². The number of hydrogen-bond acceptors (Lipinski definition) is 9. The molecule has 2 heterocycles. The predicted molar refractivity (Wildman–Crippen MR) is 156 cm³/mol. The zero-order chi connectivity index (χ0) is 28.2. The van der Waals surface area contributed by atoms with Gasteiger partial charge in [-0.3, -0.25) is 20.6 Å². The molecule has 6 N–H and O–H groups in total. The topological polar surface area (TPSA) is 156 Å². The minimum Gasteiger partial charge on any atom is -0.462 e. The fraction of sp³-hybridized carbons (Fsp3) is 0.0714. The van der Waals surface area contributed by atoms with Crippen molar-refractivity contribution in [1.82, 2.24) is 26.0 Å². The Morgan fingerprint density at radius 2 is 1.62 bits per heavy atom. The Hall–Kier alpha value is -5.36. The van der Waals surface area contributed by atoms with E-state index in [-0.39, 0.29) is 12.4 Å². The Bertz CT molecular complexity index is 1480. The van der Waals surface area contributed by atoms with Crippen molar-refractivity contribution >= 4 is 40.7 Å². The van der Waals surface area contributed by atoms with Crippen LogP contribution in [0.15, 0.2) is 103 Å². The molecule has 0 atom stereocenters. The van der Waals surface area contributed by atoms with Crippen molar-refractivity contribution in [3.63, 3.8) is 0 Å². The quantitative estimate of drug-likeness (QED) is 0.0849. The van der Waals surface area contributed by atoms with Crippen LogP contribution in [0, 0.1) is 0 Å². The molecule has 4 rings (SSSR count). The molecule has 11 nitrogen and oxygen atoms in total. The Morgan fingerprint density at radius 3 is 2.38 bits per heavy atom. The number of hydrogen-bond donors (Lipinski definition) is 5. The number of carbonyl (C=O) groups is 2. The molecule has 202 valence electrons. The van der Waals surface area contributed by atoms with Gasteiger partial charge in [-0.25, -0.2) is 4.79 Å². The second kappa shape index (κ2) is 14.0. The van der Waals surface area contributed by atoms with Crippen molar-refractivity contribution in [1.29, 1.82) is 0 Å². The van der Waals surface area contributed by atoms with Gasteiger partial charge in [-0.15, -0.1) is 10.2 Å². The predicted octanol–water partition coefficient (Wildman–Crippen LogP) is 3.17. The van der Waals surface area contributed by atoms with Gasteiger partial charge < -0.3 is 21.1 Å². The highest BCUT2D eigenvalue weighted by atomic mass is 32.1. The summed E-state index contributed by atoms with van der Waals surface area (Å²) in [6, 6.07) is 24.0. The lowest BCUT2D eigenvalue weighted by atomic mass is 10.1. The number of hydrazine groups is 1. The van der Waals surface area contributed by atoms with Gasteiger partial charge in [0.2, 0.25) is 0 Å². The van der Waals surface area contributed by atoms with E-state index in [2.05, 4.69) is 36.7 Å². The molecule has 40 heavy (non-hydrogen) atoms. The summed E-state index contributed by atoms with van der Waals surface area (Å²) in [7, 11) is 0. The molecule has 0 unspecified atom stereocenters.